The van der Waals surface area contributed by atoms with Gasteiger partial charge in [-0.1, -0.05) is 38.5 Å². The number of rotatable bonds is 6. The number of para-hydroxylation sites is 1. The van der Waals surface area contributed by atoms with Crippen LogP contribution in [0.25, 0.3) is 0 Å². The summed E-state index contributed by atoms with van der Waals surface area (Å²) in [4.78, 5) is 27.6. The molecule has 0 aliphatic carbocycles. The molecule has 2 atom stereocenters. The Bertz CT molecular complexity index is 835. The van der Waals surface area contributed by atoms with Crippen LogP contribution in [0.2, 0.25) is 0 Å². The quantitative estimate of drug-likeness (QED) is 0.800. The molecule has 2 aromatic rings. The smallest absolute Gasteiger partial charge is 0.324 e. The molecule has 8 nitrogen and oxygen atoms in total. The fourth-order valence-electron chi connectivity index (χ4n) is 3.32. The van der Waals surface area contributed by atoms with Crippen LogP contribution >= 0.6 is 0 Å². The summed E-state index contributed by atoms with van der Waals surface area (Å²) in [7, 11) is 1.63. The summed E-state index contributed by atoms with van der Waals surface area (Å²) in [6.07, 6.45) is 2.56. The van der Waals surface area contributed by atoms with Gasteiger partial charge >= 0.3 is 6.03 Å². The Labute approximate surface area is 164 Å². The number of anilines is 2. The summed E-state index contributed by atoms with van der Waals surface area (Å²) >= 11 is 0. The molecule has 2 N–H and O–H groups in total. The van der Waals surface area contributed by atoms with Gasteiger partial charge in [-0.3, -0.25) is 14.8 Å². The van der Waals surface area contributed by atoms with Crippen LogP contribution in [0.1, 0.15) is 25.8 Å². The van der Waals surface area contributed by atoms with Crippen molar-refractivity contribution in [1.29, 1.82) is 0 Å². The maximum Gasteiger partial charge on any atom is 0.324 e. The molecule has 1 aliphatic heterocycles. The van der Waals surface area contributed by atoms with E-state index in [-0.39, 0.29) is 17.9 Å². The van der Waals surface area contributed by atoms with E-state index in [2.05, 4.69) is 15.7 Å². The molecule has 8 heteroatoms. The summed E-state index contributed by atoms with van der Waals surface area (Å²) in [6.45, 7) is 5.49. The van der Waals surface area contributed by atoms with Crippen LogP contribution in [-0.4, -0.2) is 46.4 Å². The maximum atomic E-state index is 13.1. The zero-order valence-electron chi connectivity index (χ0n) is 16.5. The molecule has 2 heterocycles. The SMILES string of the molecule is CC[C@H](C)[C@H]1C(=O)Nc2ccccc2CN1C(=O)Nc1ccn(CCOC)n1. The van der Waals surface area contributed by atoms with Crippen LogP contribution in [0, 0.1) is 5.92 Å². The first kappa shape index (κ1) is 19.9. The van der Waals surface area contributed by atoms with E-state index in [0.717, 1.165) is 17.7 Å². The van der Waals surface area contributed by atoms with Gasteiger partial charge in [-0.25, -0.2) is 4.79 Å². The highest BCUT2D eigenvalue weighted by Gasteiger charge is 2.36. The number of hydrogen-bond acceptors (Lipinski definition) is 4. The van der Waals surface area contributed by atoms with Gasteiger partial charge < -0.3 is 15.0 Å². The topological polar surface area (TPSA) is 88.5 Å². The van der Waals surface area contributed by atoms with Gasteiger partial charge in [0.2, 0.25) is 5.91 Å². The average molecular weight is 385 g/mol. The summed E-state index contributed by atoms with van der Waals surface area (Å²) in [5.41, 5.74) is 1.65. The number of amides is 3. The van der Waals surface area contributed by atoms with E-state index < -0.39 is 6.04 Å². The van der Waals surface area contributed by atoms with Gasteiger partial charge in [0.1, 0.15) is 6.04 Å². The number of nitrogens with zero attached hydrogens (tertiary/aromatic N) is 3. The number of hydrogen-bond donors (Lipinski definition) is 2. The normalized spacial score (nSPS) is 17.5. The Morgan fingerprint density at radius 1 is 1.39 bits per heavy atom. The van der Waals surface area contributed by atoms with Gasteiger partial charge in [0.25, 0.3) is 0 Å². The van der Waals surface area contributed by atoms with Crippen molar-refractivity contribution in [2.75, 3.05) is 24.4 Å². The number of nitrogens with one attached hydrogen (secondary N) is 2. The van der Waals surface area contributed by atoms with E-state index in [0.29, 0.717) is 25.5 Å². The van der Waals surface area contributed by atoms with Gasteiger partial charge in [-0.05, 0) is 17.5 Å². The van der Waals surface area contributed by atoms with E-state index in [1.165, 1.54) is 0 Å². The first-order chi connectivity index (χ1) is 13.5. The molecule has 0 saturated heterocycles. The van der Waals surface area contributed by atoms with Crippen molar-refractivity contribution in [3.63, 3.8) is 0 Å². The molecule has 1 aliphatic rings. The minimum Gasteiger partial charge on any atom is -0.383 e. The predicted octanol–water partition coefficient (Wildman–Crippen LogP) is 2.93. The fourth-order valence-corrected chi connectivity index (χ4v) is 3.32. The number of fused-ring (bicyclic) bond motifs is 1. The second-order valence-electron chi connectivity index (χ2n) is 6.99. The molecule has 0 saturated carbocycles. The number of methoxy groups -OCH3 is 1. The molecule has 3 rings (SSSR count). The number of ether oxygens (including phenoxy) is 1. The first-order valence-corrected chi connectivity index (χ1v) is 9.52. The van der Waals surface area contributed by atoms with E-state index in [1.54, 1.807) is 29.0 Å². The first-order valence-electron chi connectivity index (χ1n) is 9.52. The number of aromatic nitrogens is 2. The van der Waals surface area contributed by atoms with Crippen molar-refractivity contribution < 1.29 is 14.3 Å². The van der Waals surface area contributed by atoms with Crippen molar-refractivity contribution in [3.05, 3.63) is 42.1 Å². The Hall–Kier alpha value is -2.87. The highest BCUT2D eigenvalue weighted by atomic mass is 16.5. The number of carbonyl (C=O) groups is 2. The predicted molar refractivity (Wildman–Crippen MR) is 107 cm³/mol. The Morgan fingerprint density at radius 2 is 2.18 bits per heavy atom. The Morgan fingerprint density at radius 3 is 2.93 bits per heavy atom. The lowest BCUT2D eigenvalue weighted by atomic mass is 9.97. The molecule has 0 unspecified atom stereocenters. The number of benzene rings is 1. The van der Waals surface area contributed by atoms with Gasteiger partial charge in [0.05, 0.1) is 19.7 Å². The third-order valence-electron chi connectivity index (χ3n) is 5.06. The van der Waals surface area contributed by atoms with E-state index >= 15 is 0 Å². The largest absolute Gasteiger partial charge is 0.383 e. The fraction of sp³-hybridized carbons (Fsp3) is 0.450. The van der Waals surface area contributed by atoms with Crippen LogP contribution in [0.4, 0.5) is 16.3 Å². The van der Waals surface area contributed by atoms with Crippen molar-refractivity contribution in [2.24, 2.45) is 5.92 Å². The molecule has 0 radical (unpaired) electrons. The lowest BCUT2D eigenvalue weighted by Crippen LogP contribution is -2.50. The minimum absolute atomic E-state index is 0.0133. The Kier molecular flexibility index (Phi) is 6.30. The van der Waals surface area contributed by atoms with Crippen molar-refractivity contribution in [1.82, 2.24) is 14.7 Å². The van der Waals surface area contributed by atoms with Crippen LogP contribution in [-0.2, 0) is 22.6 Å². The maximum absolute atomic E-state index is 13.1. The minimum atomic E-state index is -0.562. The van der Waals surface area contributed by atoms with Gasteiger partial charge in [-0.2, -0.15) is 5.10 Å². The monoisotopic (exact) mass is 385 g/mol. The van der Waals surface area contributed by atoms with Crippen molar-refractivity contribution in [3.8, 4) is 0 Å². The van der Waals surface area contributed by atoms with Crippen molar-refractivity contribution in [2.45, 2.75) is 39.4 Å². The highest BCUT2D eigenvalue weighted by Crippen LogP contribution is 2.27. The van der Waals surface area contributed by atoms with Crippen LogP contribution in [0.3, 0.4) is 0 Å². The van der Waals surface area contributed by atoms with E-state index in [9.17, 15) is 9.59 Å². The van der Waals surface area contributed by atoms with Crippen LogP contribution < -0.4 is 10.6 Å². The summed E-state index contributed by atoms with van der Waals surface area (Å²) in [5, 5.41) is 10.1. The zero-order chi connectivity index (χ0) is 20.1. The summed E-state index contributed by atoms with van der Waals surface area (Å²) in [5.74, 6) is 0.293. The summed E-state index contributed by atoms with van der Waals surface area (Å²) < 4.78 is 6.75. The molecule has 28 heavy (non-hydrogen) atoms. The Balaban J connectivity index is 1.83. The third kappa shape index (κ3) is 4.33. The number of urea groups is 1. The molecule has 3 amide bonds. The lowest BCUT2D eigenvalue weighted by Gasteiger charge is -2.32. The number of carbonyl (C=O) groups excluding carboxylic acids is 2. The molecule has 1 aromatic carbocycles. The lowest BCUT2D eigenvalue weighted by molar-refractivity contribution is -0.121. The molecule has 0 fully saturated rings. The second-order valence-corrected chi connectivity index (χ2v) is 6.99. The highest BCUT2D eigenvalue weighted by molar-refractivity contribution is 6.00. The molecule has 150 valence electrons. The third-order valence-corrected chi connectivity index (χ3v) is 5.06. The molecular weight excluding hydrogens is 358 g/mol. The van der Waals surface area contributed by atoms with E-state index in [1.807, 2.05) is 38.1 Å². The molecule has 1 aromatic heterocycles. The second kappa shape index (κ2) is 8.88. The zero-order valence-corrected chi connectivity index (χ0v) is 16.5. The van der Waals surface area contributed by atoms with Crippen LogP contribution in [0.15, 0.2) is 36.5 Å². The van der Waals surface area contributed by atoms with Gasteiger partial charge in [0, 0.05) is 25.1 Å². The molecule has 0 spiro atoms. The van der Waals surface area contributed by atoms with Gasteiger partial charge in [0.15, 0.2) is 5.82 Å². The standard InChI is InChI=1S/C20H27N5O3/c1-4-14(2)18-19(26)21-16-8-6-5-7-15(16)13-25(18)20(27)22-17-9-10-24(23-17)11-12-28-3/h5-10,14,18H,4,11-13H2,1-3H3,(H,21,26)(H,22,23,27)/t14-,18-/m0/s1. The van der Waals surface area contributed by atoms with Crippen LogP contribution in [0.5, 0.6) is 0 Å². The van der Waals surface area contributed by atoms with Crippen molar-refractivity contribution >= 4 is 23.4 Å². The molecule has 0 bridgehead atoms. The summed E-state index contributed by atoms with van der Waals surface area (Å²) in [6, 6.07) is 8.40. The average Bonchev–Trinajstić information content (AvgIpc) is 3.07. The molecular formula is C20H27N5O3. The van der Waals surface area contributed by atoms with Gasteiger partial charge in [-0.15, -0.1) is 0 Å². The van der Waals surface area contributed by atoms with E-state index in [4.69, 9.17) is 4.74 Å².